The Morgan fingerprint density at radius 1 is 1.26 bits per heavy atom. The fourth-order valence-electron chi connectivity index (χ4n) is 2.09. The van der Waals surface area contributed by atoms with Crippen molar-refractivity contribution in [2.45, 2.75) is 0 Å². The van der Waals surface area contributed by atoms with Gasteiger partial charge in [0, 0.05) is 25.7 Å². The second-order valence-electron chi connectivity index (χ2n) is 5.09. The highest BCUT2D eigenvalue weighted by molar-refractivity contribution is 5.91. The molecule has 120 valence electrons. The number of aromatic nitrogens is 2. The Balaban J connectivity index is 1.66. The average molecular weight is 319 g/mol. The maximum Gasteiger partial charge on any atom is 0.326 e. The van der Waals surface area contributed by atoms with Crippen LogP contribution < -0.4 is 5.32 Å². The first-order chi connectivity index (χ1) is 11.0. The molecule has 1 aromatic heterocycles. The van der Waals surface area contributed by atoms with Crippen molar-refractivity contribution in [3.05, 3.63) is 30.1 Å². The molecule has 0 aliphatic carbocycles. The Labute approximate surface area is 130 Å². The Bertz CT molecular complexity index is 730. The second-order valence-corrected chi connectivity index (χ2v) is 5.09. The van der Waals surface area contributed by atoms with E-state index < -0.39 is 6.03 Å². The number of anilines is 1. The molecule has 0 atom stereocenters. The topological polar surface area (TPSA) is 91.6 Å². The second kappa shape index (κ2) is 6.03. The molecule has 0 spiro atoms. The van der Waals surface area contributed by atoms with Gasteiger partial charge < -0.3 is 14.2 Å². The summed E-state index contributed by atoms with van der Waals surface area (Å²) in [7, 11) is 1.69. The van der Waals surface area contributed by atoms with Crippen molar-refractivity contribution >= 4 is 18.0 Å². The number of hydrogen-bond acceptors (Lipinski definition) is 5. The van der Waals surface area contributed by atoms with Gasteiger partial charge in [0.15, 0.2) is 0 Å². The number of hydrogen-bond donors (Lipinski definition) is 1. The number of benzene rings is 1. The standard InChI is InChI=1S/C14H14FN5O3/c1-19-6-7-20(8-11(19)21)14(22)16-13-18-17-12(23-13)9-2-4-10(15)5-3-9/h2-5H,6-8H2,1H3,(H,16,18,22). The first kappa shape index (κ1) is 14.9. The minimum atomic E-state index is -0.485. The number of amides is 3. The number of rotatable bonds is 2. The quantitative estimate of drug-likeness (QED) is 0.897. The lowest BCUT2D eigenvalue weighted by Gasteiger charge is -2.31. The number of likely N-dealkylation sites (N-methyl/N-ethyl adjacent to an activating group) is 1. The van der Waals surface area contributed by atoms with Crippen molar-refractivity contribution in [2.24, 2.45) is 0 Å². The van der Waals surface area contributed by atoms with Crippen molar-refractivity contribution in [3.63, 3.8) is 0 Å². The molecular formula is C14H14FN5O3. The molecule has 1 N–H and O–H groups in total. The molecule has 0 unspecified atom stereocenters. The molecule has 3 rings (SSSR count). The highest BCUT2D eigenvalue weighted by Gasteiger charge is 2.25. The summed E-state index contributed by atoms with van der Waals surface area (Å²) in [5.74, 6) is -0.347. The van der Waals surface area contributed by atoms with E-state index in [1.165, 1.54) is 29.2 Å². The Kier molecular flexibility index (Phi) is 3.92. The van der Waals surface area contributed by atoms with Crippen molar-refractivity contribution < 1.29 is 18.4 Å². The van der Waals surface area contributed by atoms with Gasteiger partial charge in [0.1, 0.15) is 12.4 Å². The van der Waals surface area contributed by atoms with Gasteiger partial charge in [-0.1, -0.05) is 5.10 Å². The highest BCUT2D eigenvalue weighted by atomic mass is 19.1. The number of urea groups is 1. The molecule has 9 heteroatoms. The maximum absolute atomic E-state index is 12.9. The van der Waals surface area contributed by atoms with Crippen molar-refractivity contribution in [1.82, 2.24) is 20.0 Å². The van der Waals surface area contributed by atoms with E-state index in [1.54, 1.807) is 11.9 Å². The molecule has 1 aliphatic heterocycles. The lowest BCUT2D eigenvalue weighted by atomic mass is 10.2. The minimum Gasteiger partial charge on any atom is -0.403 e. The van der Waals surface area contributed by atoms with Crippen LogP contribution in [-0.4, -0.2) is 58.6 Å². The summed E-state index contributed by atoms with van der Waals surface area (Å²) < 4.78 is 18.2. The van der Waals surface area contributed by atoms with Gasteiger partial charge in [-0.3, -0.25) is 10.1 Å². The van der Waals surface area contributed by atoms with Crippen LogP contribution >= 0.6 is 0 Å². The summed E-state index contributed by atoms with van der Waals surface area (Å²) in [4.78, 5) is 26.6. The number of piperazine rings is 1. The van der Waals surface area contributed by atoms with E-state index in [4.69, 9.17) is 4.42 Å². The van der Waals surface area contributed by atoms with E-state index in [1.807, 2.05) is 0 Å². The largest absolute Gasteiger partial charge is 0.403 e. The van der Waals surface area contributed by atoms with Crippen LogP contribution in [0.5, 0.6) is 0 Å². The molecule has 2 aromatic rings. The normalized spacial score (nSPS) is 15.0. The highest BCUT2D eigenvalue weighted by Crippen LogP contribution is 2.20. The molecule has 1 aromatic carbocycles. The van der Waals surface area contributed by atoms with Crippen LogP contribution in [0.15, 0.2) is 28.7 Å². The van der Waals surface area contributed by atoms with E-state index in [9.17, 15) is 14.0 Å². The van der Waals surface area contributed by atoms with E-state index in [-0.39, 0.29) is 30.2 Å². The van der Waals surface area contributed by atoms with Gasteiger partial charge in [-0.15, -0.1) is 5.10 Å². The van der Waals surface area contributed by atoms with Gasteiger partial charge in [0.2, 0.25) is 11.8 Å². The summed E-state index contributed by atoms with van der Waals surface area (Å²) in [5.41, 5.74) is 0.536. The summed E-state index contributed by atoms with van der Waals surface area (Å²) in [6, 6.07) is 4.96. The zero-order chi connectivity index (χ0) is 16.4. The van der Waals surface area contributed by atoms with Gasteiger partial charge in [-0.2, -0.15) is 0 Å². The number of halogens is 1. The van der Waals surface area contributed by atoms with Crippen LogP contribution in [0.25, 0.3) is 11.5 Å². The lowest BCUT2D eigenvalue weighted by Crippen LogP contribution is -2.51. The lowest BCUT2D eigenvalue weighted by molar-refractivity contribution is -0.133. The third kappa shape index (κ3) is 3.28. The molecule has 0 bridgehead atoms. The van der Waals surface area contributed by atoms with Gasteiger partial charge in [-0.05, 0) is 24.3 Å². The fraction of sp³-hybridized carbons (Fsp3) is 0.286. The number of carbonyl (C=O) groups excluding carboxylic acids is 2. The molecule has 1 fully saturated rings. The van der Waals surface area contributed by atoms with E-state index in [0.717, 1.165) is 0 Å². The van der Waals surface area contributed by atoms with Crippen LogP contribution in [0.4, 0.5) is 15.2 Å². The predicted molar refractivity (Wildman–Crippen MR) is 77.9 cm³/mol. The Morgan fingerprint density at radius 3 is 2.70 bits per heavy atom. The van der Waals surface area contributed by atoms with Crippen molar-refractivity contribution in [2.75, 3.05) is 32.0 Å². The predicted octanol–water partition coefficient (Wildman–Crippen LogP) is 1.18. The number of carbonyl (C=O) groups is 2. The monoisotopic (exact) mass is 319 g/mol. The van der Waals surface area contributed by atoms with Gasteiger partial charge in [0.05, 0.1) is 0 Å². The molecular weight excluding hydrogens is 305 g/mol. The summed E-state index contributed by atoms with van der Waals surface area (Å²) >= 11 is 0. The fourth-order valence-corrected chi connectivity index (χ4v) is 2.09. The molecule has 3 amide bonds. The Morgan fingerprint density at radius 2 is 2.00 bits per heavy atom. The van der Waals surface area contributed by atoms with Gasteiger partial charge >= 0.3 is 12.0 Å². The first-order valence-electron chi connectivity index (χ1n) is 6.92. The molecule has 8 nitrogen and oxygen atoms in total. The van der Waals surface area contributed by atoms with Crippen LogP contribution in [0.1, 0.15) is 0 Å². The SMILES string of the molecule is CN1CCN(C(=O)Nc2nnc(-c3ccc(F)cc3)o2)CC1=O. The van der Waals surface area contributed by atoms with Crippen LogP contribution in [0.3, 0.4) is 0 Å². The van der Waals surface area contributed by atoms with E-state index in [2.05, 4.69) is 15.5 Å². The van der Waals surface area contributed by atoms with E-state index in [0.29, 0.717) is 18.7 Å². The summed E-state index contributed by atoms with van der Waals surface area (Å²) in [6.07, 6.45) is 0. The molecule has 0 radical (unpaired) electrons. The molecule has 1 aliphatic rings. The average Bonchev–Trinajstić information content (AvgIpc) is 2.99. The van der Waals surface area contributed by atoms with E-state index >= 15 is 0 Å². The third-order valence-electron chi connectivity index (χ3n) is 3.47. The van der Waals surface area contributed by atoms with Gasteiger partial charge in [-0.25, -0.2) is 9.18 Å². The summed E-state index contributed by atoms with van der Waals surface area (Å²) in [6.45, 7) is 0.894. The number of nitrogens with zero attached hydrogens (tertiary/aromatic N) is 4. The van der Waals surface area contributed by atoms with Crippen LogP contribution in [0.2, 0.25) is 0 Å². The van der Waals surface area contributed by atoms with Crippen LogP contribution in [-0.2, 0) is 4.79 Å². The molecule has 2 heterocycles. The Hall–Kier alpha value is -2.97. The zero-order valence-electron chi connectivity index (χ0n) is 12.3. The third-order valence-corrected chi connectivity index (χ3v) is 3.47. The zero-order valence-corrected chi connectivity index (χ0v) is 12.3. The van der Waals surface area contributed by atoms with Crippen molar-refractivity contribution in [3.8, 4) is 11.5 Å². The molecule has 23 heavy (non-hydrogen) atoms. The van der Waals surface area contributed by atoms with Crippen molar-refractivity contribution in [1.29, 1.82) is 0 Å². The molecule has 0 saturated carbocycles. The minimum absolute atomic E-state index is 0.00128. The first-order valence-corrected chi connectivity index (χ1v) is 6.92. The number of nitrogens with one attached hydrogen (secondary N) is 1. The summed E-state index contributed by atoms with van der Waals surface area (Å²) in [5, 5.41) is 9.96. The maximum atomic E-state index is 12.9. The van der Waals surface area contributed by atoms with Gasteiger partial charge in [0.25, 0.3) is 0 Å². The smallest absolute Gasteiger partial charge is 0.326 e. The van der Waals surface area contributed by atoms with Crippen LogP contribution in [0, 0.1) is 5.82 Å². The molecule has 1 saturated heterocycles.